The number of ether oxygens (including phenoxy) is 2. The number of anilines is 5. The minimum Gasteiger partial charge on any atom is -0.494 e. The van der Waals surface area contributed by atoms with Gasteiger partial charge in [0.1, 0.15) is 17.1 Å². The molecule has 7 rings (SSSR count). The van der Waals surface area contributed by atoms with Crippen LogP contribution in [0.4, 0.5) is 42.0 Å². The number of amides is 2. The van der Waals surface area contributed by atoms with Gasteiger partial charge < -0.3 is 30.7 Å². The molecular formula is C37H44F3N7O4. The van der Waals surface area contributed by atoms with Crippen LogP contribution in [0.25, 0.3) is 0 Å². The molecule has 6 atom stereocenters. The second-order valence-electron chi connectivity index (χ2n) is 14.2. The maximum absolute atomic E-state index is 14.1. The normalized spacial score (nSPS) is 25.9. The van der Waals surface area contributed by atoms with E-state index in [1.54, 1.807) is 37.3 Å². The van der Waals surface area contributed by atoms with Crippen LogP contribution in [0.5, 0.6) is 5.75 Å². The monoisotopic (exact) mass is 707 g/mol. The highest BCUT2D eigenvalue weighted by atomic mass is 19.4. The van der Waals surface area contributed by atoms with Gasteiger partial charge >= 0.3 is 6.18 Å². The molecule has 3 aliphatic carbocycles. The number of rotatable bonds is 9. The van der Waals surface area contributed by atoms with Crippen LogP contribution in [0.1, 0.15) is 53.6 Å². The van der Waals surface area contributed by atoms with Crippen molar-refractivity contribution in [3.8, 4) is 5.75 Å². The van der Waals surface area contributed by atoms with Crippen LogP contribution in [0.2, 0.25) is 0 Å². The number of nitrogens with one attached hydrogen (secondary N) is 4. The van der Waals surface area contributed by atoms with Gasteiger partial charge in [-0.15, -0.1) is 0 Å². The summed E-state index contributed by atoms with van der Waals surface area (Å²) in [7, 11) is 2.91. The van der Waals surface area contributed by atoms with Gasteiger partial charge in [0.2, 0.25) is 11.9 Å². The smallest absolute Gasteiger partial charge is 0.421 e. The predicted molar refractivity (Wildman–Crippen MR) is 187 cm³/mol. The van der Waals surface area contributed by atoms with Crippen molar-refractivity contribution >= 4 is 40.6 Å². The van der Waals surface area contributed by atoms with Crippen LogP contribution in [0, 0.1) is 36.5 Å². The number of alkyl halides is 3. The summed E-state index contributed by atoms with van der Waals surface area (Å²) in [6.45, 7) is 5.15. The van der Waals surface area contributed by atoms with E-state index in [-0.39, 0.29) is 29.0 Å². The summed E-state index contributed by atoms with van der Waals surface area (Å²) >= 11 is 0. The van der Waals surface area contributed by atoms with Crippen molar-refractivity contribution in [2.45, 2.75) is 51.2 Å². The standard InChI is InChI=1S/C37H44F3N7O4/c1-20-5-4-6-26(34(48)41-2)31(20)45-33-28(37(38,39)40)19-42-36(46-33)44-29-10-8-24(18-30(29)50-3)43-35(49)27-17-23-16-22-15-21(7-9-25(22)27)32(23)47-11-13-51-14-12-47/h4-6,8,10,18-19,21-23,25,27,32H,7,9,11-17H2,1-3H3,(H,41,48)(H,43,49)(H2,42,44,45,46). The summed E-state index contributed by atoms with van der Waals surface area (Å²) in [4.78, 5) is 37.1. The average Bonchev–Trinajstić information content (AvgIpc) is 3.11. The molecule has 4 N–H and O–H groups in total. The highest BCUT2D eigenvalue weighted by molar-refractivity contribution is 6.01. The van der Waals surface area contributed by atoms with Crippen LogP contribution in [-0.4, -0.2) is 73.2 Å². The number of carbonyl (C=O) groups is 2. The van der Waals surface area contributed by atoms with Gasteiger partial charge in [-0.25, -0.2) is 4.98 Å². The van der Waals surface area contributed by atoms with Crippen molar-refractivity contribution in [3.05, 3.63) is 59.3 Å². The number of para-hydroxylation sites is 1. The number of aryl methyl sites for hydroxylation is 1. The molecule has 51 heavy (non-hydrogen) atoms. The summed E-state index contributed by atoms with van der Waals surface area (Å²) < 4.78 is 53.5. The van der Waals surface area contributed by atoms with Crippen LogP contribution >= 0.6 is 0 Å². The fraction of sp³-hybridized carbons (Fsp3) is 0.514. The Labute approximate surface area is 295 Å². The molecule has 11 nitrogen and oxygen atoms in total. The zero-order valence-electron chi connectivity index (χ0n) is 29.0. The van der Waals surface area contributed by atoms with Gasteiger partial charge in [-0.1, -0.05) is 12.1 Å². The first-order valence-electron chi connectivity index (χ1n) is 17.6. The molecule has 6 unspecified atom stereocenters. The van der Waals surface area contributed by atoms with Crippen molar-refractivity contribution in [3.63, 3.8) is 0 Å². The fourth-order valence-electron chi connectivity index (χ4n) is 9.11. The van der Waals surface area contributed by atoms with Gasteiger partial charge in [-0.3, -0.25) is 14.5 Å². The number of methoxy groups -OCH3 is 1. The van der Waals surface area contributed by atoms with Crippen LogP contribution in [0.3, 0.4) is 0 Å². The quantitative estimate of drug-likeness (QED) is 0.201. The van der Waals surface area contributed by atoms with Crippen molar-refractivity contribution in [2.75, 3.05) is 56.4 Å². The van der Waals surface area contributed by atoms with Gasteiger partial charge in [-0.05, 0) is 86.5 Å². The molecule has 14 heteroatoms. The van der Waals surface area contributed by atoms with E-state index in [9.17, 15) is 22.8 Å². The van der Waals surface area contributed by atoms with Crippen molar-refractivity contribution in [1.82, 2.24) is 20.2 Å². The third-order valence-corrected chi connectivity index (χ3v) is 11.3. The minimum atomic E-state index is -4.77. The molecule has 0 spiro atoms. The van der Waals surface area contributed by atoms with E-state index in [2.05, 4.69) is 36.1 Å². The van der Waals surface area contributed by atoms with Crippen molar-refractivity contribution in [1.29, 1.82) is 0 Å². The Morgan fingerprint density at radius 3 is 2.53 bits per heavy atom. The lowest BCUT2D eigenvalue weighted by atomic mass is 9.52. The molecule has 1 aromatic heterocycles. The van der Waals surface area contributed by atoms with Gasteiger partial charge in [0, 0.05) is 50.0 Å². The largest absolute Gasteiger partial charge is 0.494 e. The van der Waals surface area contributed by atoms with Crippen molar-refractivity contribution in [2.24, 2.45) is 29.6 Å². The summed E-state index contributed by atoms with van der Waals surface area (Å²) in [5.74, 6) is 1.37. The van der Waals surface area contributed by atoms with Crippen molar-refractivity contribution < 1.29 is 32.2 Å². The summed E-state index contributed by atoms with van der Waals surface area (Å²) in [6.07, 6.45) is 1.45. The van der Waals surface area contributed by atoms with E-state index < -0.39 is 23.5 Å². The Balaban J connectivity index is 1.09. The van der Waals surface area contributed by atoms with E-state index in [4.69, 9.17) is 9.47 Å². The lowest BCUT2D eigenvalue weighted by Crippen LogP contribution is -2.59. The van der Waals surface area contributed by atoms with Gasteiger partial charge in [0.05, 0.1) is 37.3 Å². The number of carbonyl (C=O) groups excluding carboxylic acids is 2. The van der Waals surface area contributed by atoms with E-state index in [1.165, 1.54) is 39.5 Å². The van der Waals surface area contributed by atoms with Crippen LogP contribution in [-0.2, 0) is 15.7 Å². The molecule has 3 saturated carbocycles. The van der Waals surface area contributed by atoms with Crippen LogP contribution < -0.4 is 26.0 Å². The van der Waals surface area contributed by atoms with Gasteiger partial charge in [0.25, 0.3) is 5.91 Å². The lowest BCUT2D eigenvalue weighted by molar-refractivity contribution is -0.137. The van der Waals surface area contributed by atoms with Gasteiger partial charge in [-0.2, -0.15) is 18.2 Å². The minimum absolute atomic E-state index is 0.0210. The molecule has 0 radical (unpaired) electrons. The summed E-state index contributed by atoms with van der Waals surface area (Å²) in [6, 6.07) is 10.4. The van der Waals surface area contributed by atoms with E-state index in [1.807, 2.05) is 0 Å². The maximum atomic E-state index is 14.1. The molecule has 2 aromatic carbocycles. The maximum Gasteiger partial charge on any atom is 0.421 e. The molecule has 4 fully saturated rings. The fourth-order valence-corrected chi connectivity index (χ4v) is 9.11. The lowest BCUT2D eigenvalue weighted by Gasteiger charge is -2.58. The number of benzene rings is 2. The number of nitrogens with zero attached hydrogens (tertiary/aromatic N) is 3. The Hall–Kier alpha value is -4.43. The number of hydrogen-bond acceptors (Lipinski definition) is 9. The third-order valence-electron chi connectivity index (χ3n) is 11.3. The zero-order chi connectivity index (χ0) is 35.9. The van der Waals surface area contributed by atoms with E-state index in [0.717, 1.165) is 39.1 Å². The first-order valence-corrected chi connectivity index (χ1v) is 17.6. The SMILES string of the molecule is CNC(=O)c1cccc(C)c1Nc1nc(Nc2ccc(NC(=O)C3CC4CC5CC(CCC53)C4N3CCOCC3)cc2OC)ncc1C(F)(F)F. The topological polar surface area (TPSA) is 130 Å². The highest BCUT2D eigenvalue weighted by Gasteiger charge is 2.53. The molecule has 4 aliphatic rings. The molecular weight excluding hydrogens is 663 g/mol. The summed E-state index contributed by atoms with van der Waals surface area (Å²) in [5, 5.41) is 11.4. The van der Waals surface area contributed by atoms with Gasteiger partial charge in [0.15, 0.2) is 0 Å². The number of morpholine rings is 1. The molecule has 3 aromatic rings. The van der Waals surface area contributed by atoms with E-state index in [0.29, 0.717) is 58.6 Å². The molecule has 1 aliphatic heterocycles. The number of halogens is 3. The Kier molecular flexibility index (Phi) is 9.81. The molecule has 2 amide bonds. The number of hydrogen-bond donors (Lipinski definition) is 4. The Morgan fingerprint density at radius 2 is 1.78 bits per heavy atom. The Bertz CT molecular complexity index is 1780. The molecule has 2 heterocycles. The molecule has 272 valence electrons. The highest BCUT2D eigenvalue weighted by Crippen LogP contribution is 2.56. The average molecular weight is 708 g/mol. The zero-order valence-corrected chi connectivity index (χ0v) is 29.0. The Morgan fingerprint density at radius 1 is 1.00 bits per heavy atom. The first kappa shape index (κ1) is 35.0. The van der Waals surface area contributed by atoms with Crippen LogP contribution in [0.15, 0.2) is 42.6 Å². The second kappa shape index (κ2) is 14.3. The number of aromatic nitrogens is 2. The summed E-state index contributed by atoms with van der Waals surface area (Å²) in [5.41, 5.74) is 0.768. The first-order chi connectivity index (χ1) is 24.5. The predicted octanol–water partition coefficient (Wildman–Crippen LogP) is 6.37. The molecule has 3 bridgehead atoms. The molecule has 1 saturated heterocycles. The number of fused-ring (bicyclic) bond motifs is 2. The third kappa shape index (κ3) is 7.08. The van der Waals surface area contributed by atoms with E-state index >= 15 is 0 Å². The second-order valence-corrected chi connectivity index (χ2v) is 14.2.